The van der Waals surface area contributed by atoms with Crippen molar-refractivity contribution in [3.05, 3.63) is 35.9 Å². The van der Waals surface area contributed by atoms with Crippen molar-refractivity contribution in [2.75, 3.05) is 19.6 Å². The summed E-state index contributed by atoms with van der Waals surface area (Å²) < 4.78 is 0. The number of likely N-dealkylation sites (tertiary alicyclic amines) is 1. The van der Waals surface area contributed by atoms with E-state index in [4.69, 9.17) is 5.73 Å². The van der Waals surface area contributed by atoms with Gasteiger partial charge < -0.3 is 10.6 Å². The average Bonchev–Trinajstić information content (AvgIpc) is 2.38. The summed E-state index contributed by atoms with van der Waals surface area (Å²) in [4.78, 5) is 13.4. The largest absolute Gasteiger partial charge is 0.341 e. The van der Waals surface area contributed by atoms with Crippen LogP contribution in [0.25, 0.3) is 0 Å². The molecule has 1 fully saturated rings. The second kappa shape index (κ2) is 5.32. The molecule has 0 radical (unpaired) electrons. The Labute approximate surface area is 103 Å². The Morgan fingerprint density at radius 1 is 1.41 bits per heavy atom. The predicted octanol–water partition coefficient (Wildman–Crippen LogP) is 1.60. The fraction of sp³-hybridized carbons (Fsp3) is 0.500. The monoisotopic (exact) mass is 232 g/mol. The molecular formula is C14H20N2O. The van der Waals surface area contributed by atoms with Crippen molar-refractivity contribution >= 4 is 5.91 Å². The number of nitrogens with zero attached hydrogens (tertiary/aromatic N) is 1. The number of amides is 1. The molecule has 0 bridgehead atoms. The third-order valence-corrected chi connectivity index (χ3v) is 3.66. The Hall–Kier alpha value is -1.35. The minimum absolute atomic E-state index is 0.0726. The molecule has 0 aliphatic carbocycles. The number of nitrogens with two attached hydrogens (primary N) is 1. The molecule has 1 aromatic carbocycles. The van der Waals surface area contributed by atoms with Gasteiger partial charge in [-0.2, -0.15) is 0 Å². The molecule has 3 heteroatoms. The highest BCUT2D eigenvalue weighted by Gasteiger charge is 2.28. The van der Waals surface area contributed by atoms with Gasteiger partial charge in [0.15, 0.2) is 0 Å². The number of hydrogen-bond acceptors (Lipinski definition) is 2. The Morgan fingerprint density at radius 3 is 2.71 bits per heavy atom. The van der Waals surface area contributed by atoms with Gasteiger partial charge >= 0.3 is 0 Å². The maximum Gasteiger partial charge on any atom is 0.236 e. The summed E-state index contributed by atoms with van der Waals surface area (Å²) in [6.07, 6.45) is 1.04. The molecule has 2 N–H and O–H groups in total. The van der Waals surface area contributed by atoms with Crippen molar-refractivity contribution in [3.8, 4) is 0 Å². The minimum Gasteiger partial charge on any atom is -0.341 e. The summed E-state index contributed by atoms with van der Waals surface area (Å²) in [6, 6.07) is 10.6. The summed E-state index contributed by atoms with van der Waals surface area (Å²) in [7, 11) is 0. The van der Waals surface area contributed by atoms with Crippen LogP contribution in [0.15, 0.2) is 30.3 Å². The Kier molecular flexibility index (Phi) is 3.79. The summed E-state index contributed by atoms with van der Waals surface area (Å²) in [5, 5.41) is 0. The van der Waals surface area contributed by atoms with Gasteiger partial charge in [0.05, 0.1) is 6.54 Å². The molecule has 2 atom stereocenters. The molecule has 2 rings (SSSR count). The van der Waals surface area contributed by atoms with Crippen LogP contribution in [-0.4, -0.2) is 30.4 Å². The fourth-order valence-corrected chi connectivity index (χ4v) is 2.70. The van der Waals surface area contributed by atoms with Crippen LogP contribution < -0.4 is 5.73 Å². The van der Waals surface area contributed by atoms with E-state index in [1.807, 2.05) is 11.0 Å². The van der Waals surface area contributed by atoms with E-state index in [1.165, 1.54) is 5.56 Å². The minimum atomic E-state index is 0.0726. The first-order valence-corrected chi connectivity index (χ1v) is 6.25. The van der Waals surface area contributed by atoms with E-state index in [0.29, 0.717) is 11.8 Å². The number of hydrogen-bond donors (Lipinski definition) is 1. The lowest BCUT2D eigenvalue weighted by Crippen LogP contribution is -2.44. The summed E-state index contributed by atoms with van der Waals surface area (Å²) in [6.45, 7) is 4.01. The van der Waals surface area contributed by atoms with E-state index in [0.717, 1.165) is 19.5 Å². The highest BCUT2D eigenvalue weighted by molar-refractivity contribution is 5.78. The van der Waals surface area contributed by atoms with Gasteiger partial charge in [-0.05, 0) is 23.8 Å². The lowest BCUT2D eigenvalue weighted by atomic mass is 9.81. The van der Waals surface area contributed by atoms with Gasteiger partial charge in [-0.1, -0.05) is 37.3 Å². The van der Waals surface area contributed by atoms with Crippen molar-refractivity contribution < 1.29 is 4.79 Å². The van der Waals surface area contributed by atoms with E-state index in [2.05, 4.69) is 31.2 Å². The maximum absolute atomic E-state index is 11.6. The molecule has 0 spiro atoms. The quantitative estimate of drug-likeness (QED) is 0.842. The molecule has 1 aliphatic heterocycles. The van der Waals surface area contributed by atoms with Crippen LogP contribution in [0.4, 0.5) is 0 Å². The fourth-order valence-electron chi connectivity index (χ4n) is 2.70. The highest BCUT2D eigenvalue weighted by atomic mass is 16.2. The summed E-state index contributed by atoms with van der Waals surface area (Å²) in [5.41, 5.74) is 6.79. The number of piperidine rings is 1. The van der Waals surface area contributed by atoms with Crippen molar-refractivity contribution in [1.29, 1.82) is 0 Å². The van der Waals surface area contributed by atoms with Crippen molar-refractivity contribution in [2.24, 2.45) is 11.7 Å². The van der Waals surface area contributed by atoms with Crippen molar-refractivity contribution in [1.82, 2.24) is 4.90 Å². The number of benzene rings is 1. The van der Waals surface area contributed by atoms with Crippen LogP contribution in [0.3, 0.4) is 0 Å². The lowest BCUT2D eigenvalue weighted by molar-refractivity contribution is -0.131. The summed E-state index contributed by atoms with van der Waals surface area (Å²) in [5.74, 6) is 1.14. The molecule has 0 aromatic heterocycles. The van der Waals surface area contributed by atoms with Gasteiger partial charge in [-0.25, -0.2) is 0 Å². The first-order chi connectivity index (χ1) is 8.22. The standard InChI is InChI=1S/C14H20N2O/c1-11-10-16(14(17)9-15)8-7-13(11)12-5-3-2-4-6-12/h2-6,11,13H,7-10,15H2,1H3. The molecule has 1 heterocycles. The third kappa shape index (κ3) is 2.67. The molecule has 1 aromatic rings. The van der Waals surface area contributed by atoms with E-state index in [1.54, 1.807) is 0 Å². The topological polar surface area (TPSA) is 46.3 Å². The van der Waals surface area contributed by atoms with Crippen LogP contribution >= 0.6 is 0 Å². The smallest absolute Gasteiger partial charge is 0.236 e. The predicted molar refractivity (Wildman–Crippen MR) is 68.6 cm³/mol. The normalized spacial score (nSPS) is 24.7. The number of carbonyl (C=O) groups is 1. The van der Waals surface area contributed by atoms with Crippen LogP contribution in [-0.2, 0) is 4.79 Å². The second-order valence-corrected chi connectivity index (χ2v) is 4.83. The molecule has 1 amide bonds. The van der Waals surface area contributed by atoms with Crippen LogP contribution in [0.5, 0.6) is 0 Å². The Bertz CT molecular complexity index is 377. The van der Waals surface area contributed by atoms with E-state index in [9.17, 15) is 4.79 Å². The molecule has 0 saturated carbocycles. The molecule has 17 heavy (non-hydrogen) atoms. The molecular weight excluding hydrogens is 212 g/mol. The van der Waals surface area contributed by atoms with Crippen LogP contribution in [0, 0.1) is 5.92 Å². The van der Waals surface area contributed by atoms with E-state index >= 15 is 0 Å². The zero-order chi connectivity index (χ0) is 12.3. The molecule has 1 aliphatic rings. The van der Waals surface area contributed by atoms with E-state index < -0.39 is 0 Å². The first-order valence-electron chi connectivity index (χ1n) is 6.25. The van der Waals surface area contributed by atoms with Crippen molar-refractivity contribution in [2.45, 2.75) is 19.3 Å². The highest BCUT2D eigenvalue weighted by Crippen LogP contribution is 2.32. The van der Waals surface area contributed by atoms with Gasteiger partial charge in [0.1, 0.15) is 0 Å². The average molecular weight is 232 g/mol. The van der Waals surface area contributed by atoms with Gasteiger partial charge in [-0.15, -0.1) is 0 Å². The van der Waals surface area contributed by atoms with E-state index in [-0.39, 0.29) is 12.5 Å². The van der Waals surface area contributed by atoms with Gasteiger partial charge in [0.25, 0.3) is 0 Å². The first kappa shape index (κ1) is 12.1. The lowest BCUT2D eigenvalue weighted by Gasteiger charge is -2.37. The zero-order valence-corrected chi connectivity index (χ0v) is 10.3. The van der Waals surface area contributed by atoms with Gasteiger partial charge in [-0.3, -0.25) is 4.79 Å². The van der Waals surface area contributed by atoms with Gasteiger partial charge in [0, 0.05) is 13.1 Å². The molecule has 2 unspecified atom stereocenters. The van der Waals surface area contributed by atoms with Crippen LogP contribution in [0.2, 0.25) is 0 Å². The maximum atomic E-state index is 11.6. The molecule has 92 valence electrons. The molecule has 1 saturated heterocycles. The second-order valence-electron chi connectivity index (χ2n) is 4.83. The van der Waals surface area contributed by atoms with Gasteiger partial charge in [0.2, 0.25) is 5.91 Å². The zero-order valence-electron chi connectivity index (χ0n) is 10.3. The Balaban J connectivity index is 2.04. The SMILES string of the molecule is CC1CN(C(=O)CN)CCC1c1ccccc1. The Morgan fingerprint density at radius 2 is 2.12 bits per heavy atom. The van der Waals surface area contributed by atoms with Crippen LogP contribution in [0.1, 0.15) is 24.8 Å². The van der Waals surface area contributed by atoms with Crippen molar-refractivity contribution in [3.63, 3.8) is 0 Å². The third-order valence-electron chi connectivity index (χ3n) is 3.66. The summed E-state index contributed by atoms with van der Waals surface area (Å²) >= 11 is 0. The number of carbonyl (C=O) groups excluding carboxylic acids is 1. The number of rotatable bonds is 2. The molecule has 3 nitrogen and oxygen atoms in total.